The van der Waals surface area contributed by atoms with Crippen molar-refractivity contribution in [3.05, 3.63) is 363 Å². The summed E-state index contributed by atoms with van der Waals surface area (Å²) in [6.07, 6.45) is 14.9. The van der Waals surface area contributed by atoms with Crippen LogP contribution in [0.4, 0.5) is 0 Å². The van der Waals surface area contributed by atoms with Crippen LogP contribution in [-0.4, -0.2) is 39.9 Å². The molecule has 0 radical (unpaired) electrons. The summed E-state index contributed by atoms with van der Waals surface area (Å²) in [4.78, 5) is 36.6. The van der Waals surface area contributed by atoms with Crippen LogP contribution in [0.3, 0.4) is 0 Å². The third-order valence-corrected chi connectivity index (χ3v) is 22.8. The molecule has 0 saturated heterocycles. The van der Waals surface area contributed by atoms with Crippen LogP contribution in [0.1, 0.15) is 94.3 Å². The van der Waals surface area contributed by atoms with E-state index in [1.165, 1.54) is 18.4 Å². The Morgan fingerprint density at radius 1 is 0.315 bits per heavy atom. The number of hydrogen-bond acceptors (Lipinski definition) is 4. The second-order valence-corrected chi connectivity index (χ2v) is 29.9. The van der Waals surface area contributed by atoms with Crippen LogP contribution < -0.4 is 0 Å². The van der Waals surface area contributed by atoms with Crippen molar-refractivity contribution in [2.45, 2.75) is 38.5 Å². The number of halogens is 4. The molecule has 518 valence electrons. The summed E-state index contributed by atoms with van der Waals surface area (Å²) in [6.45, 7) is 4.04. The summed E-state index contributed by atoms with van der Waals surface area (Å²) in [5, 5.41) is 0. The third kappa shape index (κ3) is 14.4. The van der Waals surface area contributed by atoms with E-state index in [2.05, 4.69) is 376 Å². The van der Waals surface area contributed by atoms with Crippen LogP contribution >= 0.6 is 63.7 Å². The predicted molar refractivity (Wildman–Crippen MR) is 461 cm³/mol. The maximum Gasteiger partial charge on any atom is 2.00 e. The van der Waals surface area contributed by atoms with Gasteiger partial charge in [-0.3, -0.25) is 9.97 Å². The minimum Gasteiger partial charge on any atom is -0.427 e. The van der Waals surface area contributed by atoms with Crippen molar-refractivity contribution in [2.24, 2.45) is 0 Å². The van der Waals surface area contributed by atoms with Gasteiger partial charge in [0, 0.05) is 71.3 Å². The Morgan fingerprint density at radius 3 is 1.07 bits per heavy atom. The van der Waals surface area contributed by atoms with Gasteiger partial charge in [0.05, 0.1) is 65.4 Å². The van der Waals surface area contributed by atoms with E-state index >= 15 is 0 Å². The molecule has 18 rings (SSSR count). The molecule has 8 nitrogen and oxygen atoms in total. The number of fused-ring (bicyclic) bond motifs is 16. The number of hydrogen-bond donors (Lipinski definition) is 4. The largest absolute Gasteiger partial charge is 2.00 e. The molecule has 8 aromatic carbocycles. The molecule has 4 aliphatic heterocycles. The Kier molecular flexibility index (Phi) is 21.3. The number of aryl methyl sites for hydroxylation is 1. The van der Waals surface area contributed by atoms with Gasteiger partial charge in [-0.15, -0.1) is 15.9 Å². The van der Waals surface area contributed by atoms with Gasteiger partial charge in [-0.25, -0.2) is 9.97 Å². The van der Waals surface area contributed by atoms with Gasteiger partial charge in [-0.2, -0.15) is 18.6 Å². The second-order valence-electron chi connectivity index (χ2n) is 26.7. The molecule has 13 heteroatoms. The first-order chi connectivity index (χ1) is 52.7. The first-order valence-electron chi connectivity index (χ1n) is 36.0. The molecule has 4 N–H and O–H groups in total. The normalized spacial score (nSPS) is 12.3. The maximum atomic E-state index is 5.68. The summed E-state index contributed by atoms with van der Waals surface area (Å²) < 4.78 is 3.54. The number of aromatic nitrogens is 8. The fourth-order valence-electron chi connectivity index (χ4n) is 14.9. The average molecular weight is 1710 g/mol. The SMILES string of the molecule is BrC1=C(c2ccccc2)c2nc1c(Br)c1[c-]cc(cc3nc(cc4[nH]c(c2-c2ccccc2)c(-c2ccccc2)c4-c2ccccc2)C=C3)[nH]1.[CH2-]CCCCCCc1cc2cc3nc(cc4[nH]c(c(-c5ccccc5)c5nc(c(Br)c1[nH]2)C(Br)=C5c1ccccc1)c(-c1ccccc1)c4-c1ccccc1)C=C3.[Zn+2]. The van der Waals surface area contributed by atoms with Crippen molar-refractivity contribution >= 4 is 152 Å². The van der Waals surface area contributed by atoms with E-state index in [1.54, 1.807) is 0 Å². The number of H-pyrrole nitrogens is 4. The monoisotopic (exact) mass is 1700 g/mol. The van der Waals surface area contributed by atoms with Gasteiger partial charge in [0.2, 0.25) is 0 Å². The van der Waals surface area contributed by atoms with Crippen LogP contribution in [0.15, 0.2) is 288 Å². The quantitative estimate of drug-likeness (QED) is 0.0493. The molecule has 108 heavy (non-hydrogen) atoms. The molecule has 0 saturated carbocycles. The minimum absolute atomic E-state index is 0. The van der Waals surface area contributed by atoms with Crippen molar-refractivity contribution in [1.82, 2.24) is 39.9 Å². The summed E-state index contributed by atoms with van der Waals surface area (Å²) in [7, 11) is 0. The van der Waals surface area contributed by atoms with Crippen LogP contribution in [0.5, 0.6) is 0 Å². The summed E-state index contributed by atoms with van der Waals surface area (Å²) >= 11 is 16.3. The zero-order valence-corrected chi connectivity index (χ0v) is 68.1. The van der Waals surface area contributed by atoms with Gasteiger partial charge in [-0.05, 0) is 164 Å². The molecule has 0 atom stereocenters. The first kappa shape index (κ1) is 71.7. The second kappa shape index (κ2) is 32.1. The van der Waals surface area contributed by atoms with Crippen molar-refractivity contribution in [3.8, 4) is 66.8 Å². The van der Waals surface area contributed by atoms with Crippen LogP contribution in [-0.2, 0) is 25.9 Å². The summed E-state index contributed by atoms with van der Waals surface area (Å²) in [6, 6.07) is 101. The molecule has 0 unspecified atom stereocenters. The molecule has 0 fully saturated rings. The summed E-state index contributed by atoms with van der Waals surface area (Å²) in [5.41, 5.74) is 32.8. The Balaban J connectivity index is 0.000000165. The molecular formula is C95H68Br4N8Zn. The van der Waals surface area contributed by atoms with E-state index in [0.29, 0.717) is 0 Å². The Bertz CT molecular complexity index is 6210. The average Bonchev–Trinajstić information content (AvgIpc) is 1.58. The minimum atomic E-state index is 0. The molecule has 0 spiro atoms. The Hall–Kier alpha value is -10.5. The van der Waals surface area contributed by atoms with E-state index in [4.69, 9.17) is 19.9 Å². The molecule has 10 heterocycles. The van der Waals surface area contributed by atoms with Gasteiger partial charge in [0.15, 0.2) is 0 Å². The smallest absolute Gasteiger partial charge is 0.427 e. The van der Waals surface area contributed by atoms with Gasteiger partial charge >= 0.3 is 19.5 Å². The number of unbranched alkanes of at least 4 members (excludes halogenated alkanes) is 4. The molecule has 6 aromatic heterocycles. The maximum absolute atomic E-state index is 5.68. The zero-order valence-electron chi connectivity index (χ0n) is 58.8. The van der Waals surface area contributed by atoms with Crippen molar-refractivity contribution in [3.63, 3.8) is 0 Å². The van der Waals surface area contributed by atoms with Crippen molar-refractivity contribution in [2.75, 3.05) is 0 Å². The van der Waals surface area contributed by atoms with Gasteiger partial charge in [0.1, 0.15) is 0 Å². The fourth-order valence-corrected chi connectivity index (χ4v) is 17.9. The fraction of sp³-hybridized carbons (Fsp3) is 0.0632. The molecule has 16 bridgehead atoms. The van der Waals surface area contributed by atoms with E-state index < -0.39 is 0 Å². The standard InChI is InChI=1S/C51H41Br2N4.C44H27Br2N4.Zn/c1-2-3-4-5-10-27-37-30-40-31-38-28-29-39(54-38)32-41-42(33-19-11-6-12-20-33)43(34-21-13-7-14-22-34)49(56-41)45(36-25-17-9-18-26-36)50-44(35-23-15-8-16-24-35)46(52)51(57-50)47(53)48(37)55-40;45-40-34-24-23-32(48-34)25-31-21-22-33(47-31)26-35-36(27-13-5-1-6-14-27)37(28-15-7-2-8-16-28)42(49-35)39(30-19-11-4-12-20-30)43-38(41(46)44(40)50-43)29-17-9-3-10-18-29;/h6-9,11-26,28-32,55-56H,1-5,10,27H2;1-23,25-26,48-49H;/q2*-1;+2. The van der Waals surface area contributed by atoms with Gasteiger partial charge in [-0.1, -0.05) is 279 Å². The van der Waals surface area contributed by atoms with Crippen molar-refractivity contribution in [1.29, 1.82) is 0 Å². The van der Waals surface area contributed by atoms with Crippen LogP contribution in [0.25, 0.3) is 155 Å². The van der Waals surface area contributed by atoms with E-state index in [0.717, 1.165) is 222 Å². The molecular weight excluding hydrogens is 1640 g/mol. The van der Waals surface area contributed by atoms with E-state index in [9.17, 15) is 0 Å². The van der Waals surface area contributed by atoms with Gasteiger partial charge < -0.3 is 26.9 Å². The molecule has 14 aromatic rings. The third-order valence-electron chi connectivity index (χ3n) is 19.7. The number of nitrogens with one attached hydrogen (secondary N) is 4. The number of aromatic amines is 4. The first-order valence-corrected chi connectivity index (χ1v) is 39.1. The predicted octanol–water partition coefficient (Wildman–Crippen LogP) is 27.2. The van der Waals surface area contributed by atoms with Crippen molar-refractivity contribution < 1.29 is 19.5 Å². The van der Waals surface area contributed by atoms with Gasteiger partial charge in [0.25, 0.3) is 0 Å². The Labute approximate surface area is 674 Å². The van der Waals surface area contributed by atoms with Crippen LogP contribution in [0.2, 0.25) is 0 Å². The van der Waals surface area contributed by atoms with Crippen LogP contribution in [0, 0.1) is 13.0 Å². The van der Waals surface area contributed by atoms with E-state index in [1.807, 2.05) is 24.3 Å². The number of benzene rings is 8. The molecule has 4 aliphatic rings. The van der Waals surface area contributed by atoms with E-state index in [-0.39, 0.29) is 19.5 Å². The topological polar surface area (TPSA) is 115 Å². The number of rotatable bonds is 14. The zero-order chi connectivity index (χ0) is 72.3. The molecule has 0 aliphatic carbocycles. The number of nitrogens with zero attached hydrogens (tertiary/aromatic N) is 4. The molecule has 0 amide bonds. The Morgan fingerprint density at radius 2 is 0.667 bits per heavy atom. The summed E-state index contributed by atoms with van der Waals surface area (Å²) in [5.74, 6) is 0.